The number of anilines is 1. The molecule has 37 heavy (non-hydrogen) atoms. The fraction of sp³-hybridized carbons (Fsp3) is 0.241. The summed E-state index contributed by atoms with van der Waals surface area (Å²) in [4.78, 5) is 13.4. The van der Waals surface area contributed by atoms with Crippen molar-refractivity contribution in [2.45, 2.75) is 44.3 Å². The van der Waals surface area contributed by atoms with Gasteiger partial charge in [0, 0.05) is 40.8 Å². The minimum atomic E-state index is -0.107. The highest BCUT2D eigenvalue weighted by atomic mass is 16.5. The van der Waals surface area contributed by atoms with Gasteiger partial charge < -0.3 is 31.8 Å². The number of amides is 1. The number of hydrogen-bond donors (Lipinski definition) is 5. The van der Waals surface area contributed by atoms with Crippen LogP contribution in [0.1, 0.15) is 47.3 Å². The lowest BCUT2D eigenvalue weighted by Crippen LogP contribution is -2.41. The van der Waals surface area contributed by atoms with Crippen LogP contribution in [0, 0.1) is 5.41 Å². The summed E-state index contributed by atoms with van der Waals surface area (Å²) in [5.74, 6) is 1.30. The van der Waals surface area contributed by atoms with Crippen LogP contribution in [0.2, 0.25) is 0 Å². The highest BCUT2D eigenvalue weighted by Gasteiger charge is 2.23. The highest BCUT2D eigenvalue weighted by Crippen LogP contribution is 2.26. The molecule has 0 unspecified atom stereocenters. The second-order valence-corrected chi connectivity index (χ2v) is 9.70. The lowest BCUT2D eigenvalue weighted by Gasteiger charge is -2.27. The van der Waals surface area contributed by atoms with E-state index in [0.717, 1.165) is 42.1 Å². The van der Waals surface area contributed by atoms with Gasteiger partial charge >= 0.3 is 0 Å². The fourth-order valence-electron chi connectivity index (χ4n) is 4.82. The second-order valence-electron chi connectivity index (χ2n) is 9.70. The first-order valence-electron chi connectivity index (χ1n) is 12.5. The summed E-state index contributed by atoms with van der Waals surface area (Å²) >= 11 is 0. The van der Waals surface area contributed by atoms with Crippen LogP contribution < -0.4 is 27.3 Å². The SMILES string of the molecule is N=C(N)c1ccc2cc(C(=O)NC3CCC(N)CC3)n(Cc3ccc(Oc4ccc(N)cc4)cc3)c2c1. The van der Waals surface area contributed by atoms with Crippen LogP contribution in [0.15, 0.2) is 72.8 Å². The van der Waals surface area contributed by atoms with Gasteiger partial charge in [0.05, 0.1) is 0 Å². The van der Waals surface area contributed by atoms with Crippen molar-refractivity contribution in [3.8, 4) is 11.5 Å². The molecule has 1 saturated carbocycles. The van der Waals surface area contributed by atoms with Gasteiger partial charge in [0.15, 0.2) is 0 Å². The summed E-state index contributed by atoms with van der Waals surface area (Å²) in [6.07, 6.45) is 3.61. The molecule has 4 aromatic rings. The molecule has 0 saturated heterocycles. The largest absolute Gasteiger partial charge is 0.457 e. The standard InChI is InChI=1S/C29H32N6O2/c30-21-5-9-23(10-6-21)34-29(36)27-15-19-3-4-20(28(32)33)16-26(19)35(27)17-18-1-11-24(12-2-18)37-25-13-7-22(31)8-14-25/h1-4,7-8,11-16,21,23H,5-6,9-10,17,30-31H2,(H3,32,33)(H,34,36). The van der Waals surface area contributed by atoms with Gasteiger partial charge in [-0.15, -0.1) is 0 Å². The summed E-state index contributed by atoms with van der Waals surface area (Å²) in [6, 6.07) is 22.9. The molecular weight excluding hydrogens is 464 g/mol. The van der Waals surface area contributed by atoms with Crippen molar-refractivity contribution in [2.24, 2.45) is 11.5 Å². The maximum absolute atomic E-state index is 13.4. The number of nitrogens with two attached hydrogens (primary N) is 3. The number of benzene rings is 3. The van der Waals surface area contributed by atoms with E-state index in [0.29, 0.717) is 35.0 Å². The summed E-state index contributed by atoms with van der Waals surface area (Å²) in [5.41, 5.74) is 21.3. The number of aromatic nitrogens is 1. The third-order valence-corrected chi connectivity index (χ3v) is 6.93. The van der Waals surface area contributed by atoms with Crippen LogP contribution in [-0.4, -0.2) is 28.4 Å². The Bertz CT molecular complexity index is 1420. The van der Waals surface area contributed by atoms with Crippen molar-refractivity contribution in [1.82, 2.24) is 9.88 Å². The number of ether oxygens (including phenoxy) is 1. The Kier molecular flexibility index (Phi) is 6.83. The van der Waals surface area contributed by atoms with Gasteiger partial charge in [-0.2, -0.15) is 0 Å². The molecular formula is C29H32N6O2. The van der Waals surface area contributed by atoms with Crippen molar-refractivity contribution in [2.75, 3.05) is 5.73 Å². The van der Waals surface area contributed by atoms with Crippen molar-refractivity contribution in [3.63, 3.8) is 0 Å². The molecule has 190 valence electrons. The Morgan fingerprint density at radius 2 is 1.59 bits per heavy atom. The molecule has 5 rings (SSSR count). The number of nitrogen functional groups attached to an aromatic ring is 2. The third kappa shape index (κ3) is 5.59. The van der Waals surface area contributed by atoms with Crippen LogP contribution in [0.25, 0.3) is 10.9 Å². The van der Waals surface area contributed by atoms with E-state index in [4.69, 9.17) is 27.3 Å². The van der Waals surface area contributed by atoms with Crippen molar-refractivity contribution < 1.29 is 9.53 Å². The molecule has 1 aromatic heterocycles. The number of hydrogen-bond acceptors (Lipinski definition) is 5. The van der Waals surface area contributed by atoms with Crippen LogP contribution >= 0.6 is 0 Å². The van der Waals surface area contributed by atoms with Crippen LogP contribution in [-0.2, 0) is 6.54 Å². The van der Waals surface area contributed by atoms with E-state index in [-0.39, 0.29) is 23.8 Å². The first-order valence-corrected chi connectivity index (χ1v) is 12.5. The van der Waals surface area contributed by atoms with E-state index in [1.165, 1.54) is 0 Å². The summed E-state index contributed by atoms with van der Waals surface area (Å²) in [5, 5.41) is 12.0. The lowest BCUT2D eigenvalue weighted by atomic mass is 9.92. The van der Waals surface area contributed by atoms with Crippen molar-refractivity contribution in [1.29, 1.82) is 5.41 Å². The molecule has 1 aliphatic rings. The predicted octanol–water partition coefficient (Wildman–Crippen LogP) is 4.35. The Morgan fingerprint density at radius 1 is 0.946 bits per heavy atom. The molecule has 8 heteroatoms. The number of carbonyl (C=O) groups is 1. The number of carbonyl (C=O) groups excluding carboxylic acids is 1. The lowest BCUT2D eigenvalue weighted by molar-refractivity contribution is 0.0917. The van der Waals surface area contributed by atoms with Gasteiger partial charge in [0.25, 0.3) is 5.91 Å². The third-order valence-electron chi connectivity index (χ3n) is 6.93. The van der Waals surface area contributed by atoms with E-state index >= 15 is 0 Å². The Balaban J connectivity index is 1.42. The average molecular weight is 497 g/mol. The molecule has 0 spiro atoms. The molecule has 1 fully saturated rings. The average Bonchev–Trinajstić information content (AvgIpc) is 3.25. The van der Waals surface area contributed by atoms with Gasteiger partial charge in [0.2, 0.25) is 0 Å². The van der Waals surface area contributed by atoms with Gasteiger partial charge in [-0.3, -0.25) is 10.2 Å². The maximum Gasteiger partial charge on any atom is 0.268 e. The van der Waals surface area contributed by atoms with Gasteiger partial charge in [-0.1, -0.05) is 24.3 Å². The van der Waals surface area contributed by atoms with E-state index in [2.05, 4.69) is 5.32 Å². The van der Waals surface area contributed by atoms with Gasteiger partial charge in [0.1, 0.15) is 23.0 Å². The first kappa shape index (κ1) is 24.4. The summed E-state index contributed by atoms with van der Waals surface area (Å²) in [6.45, 7) is 0.477. The number of nitrogens with one attached hydrogen (secondary N) is 2. The first-order chi connectivity index (χ1) is 17.9. The van der Waals surface area contributed by atoms with E-state index in [9.17, 15) is 4.79 Å². The molecule has 8 nitrogen and oxygen atoms in total. The monoisotopic (exact) mass is 496 g/mol. The summed E-state index contributed by atoms with van der Waals surface area (Å²) in [7, 11) is 0. The topological polar surface area (TPSA) is 145 Å². The number of amidine groups is 1. The summed E-state index contributed by atoms with van der Waals surface area (Å²) < 4.78 is 7.90. The number of nitrogens with zero attached hydrogens (tertiary/aromatic N) is 1. The molecule has 3 aromatic carbocycles. The van der Waals surface area contributed by atoms with E-state index in [1.54, 1.807) is 12.1 Å². The highest BCUT2D eigenvalue weighted by molar-refractivity contribution is 6.02. The molecule has 1 heterocycles. The molecule has 1 amide bonds. The van der Waals surface area contributed by atoms with Crippen molar-refractivity contribution in [3.05, 3.63) is 89.6 Å². The fourth-order valence-corrected chi connectivity index (χ4v) is 4.82. The zero-order chi connectivity index (χ0) is 25.9. The molecule has 0 atom stereocenters. The number of rotatable bonds is 7. The zero-order valence-corrected chi connectivity index (χ0v) is 20.6. The second kappa shape index (κ2) is 10.4. The number of fused-ring (bicyclic) bond motifs is 1. The minimum Gasteiger partial charge on any atom is -0.457 e. The quantitative estimate of drug-likeness (QED) is 0.147. The van der Waals surface area contributed by atoms with Crippen LogP contribution in [0.3, 0.4) is 0 Å². The predicted molar refractivity (Wildman–Crippen MR) is 147 cm³/mol. The maximum atomic E-state index is 13.4. The van der Waals surface area contributed by atoms with Crippen LogP contribution in [0.4, 0.5) is 5.69 Å². The Labute approximate surface area is 215 Å². The molecule has 1 aliphatic carbocycles. The van der Waals surface area contributed by atoms with E-state index in [1.807, 2.05) is 65.2 Å². The normalized spacial score (nSPS) is 17.4. The molecule has 8 N–H and O–H groups in total. The van der Waals surface area contributed by atoms with E-state index < -0.39 is 0 Å². The van der Waals surface area contributed by atoms with Gasteiger partial charge in [-0.05, 0) is 79.8 Å². The molecule has 0 radical (unpaired) electrons. The molecule has 0 bridgehead atoms. The van der Waals surface area contributed by atoms with Crippen molar-refractivity contribution >= 4 is 28.3 Å². The minimum absolute atomic E-state index is 0.0108. The van der Waals surface area contributed by atoms with Crippen LogP contribution in [0.5, 0.6) is 11.5 Å². The Morgan fingerprint density at radius 3 is 2.24 bits per heavy atom. The molecule has 0 aliphatic heterocycles. The zero-order valence-electron chi connectivity index (χ0n) is 20.6. The smallest absolute Gasteiger partial charge is 0.268 e. The Hall–Kier alpha value is -4.30. The van der Waals surface area contributed by atoms with Gasteiger partial charge in [-0.25, -0.2) is 0 Å².